The summed E-state index contributed by atoms with van der Waals surface area (Å²) in [5, 5.41) is 16.2. The number of carbonyl (C=O) groups excluding carboxylic acids is 2. The van der Waals surface area contributed by atoms with Crippen molar-refractivity contribution in [1.82, 2.24) is 10.6 Å². The second-order valence-corrected chi connectivity index (χ2v) is 7.47. The number of nitro benzene ring substituents is 1. The molecule has 2 N–H and O–H groups in total. The molecule has 2 aromatic rings. The van der Waals surface area contributed by atoms with Crippen LogP contribution in [0, 0.1) is 15.9 Å². The molecule has 0 aliphatic heterocycles. The van der Waals surface area contributed by atoms with Crippen LogP contribution in [0.3, 0.4) is 0 Å². The monoisotopic (exact) mass is 439 g/mol. The van der Waals surface area contributed by atoms with Crippen LogP contribution in [-0.2, 0) is 11.3 Å². The maximum absolute atomic E-state index is 13.0. The van der Waals surface area contributed by atoms with E-state index in [1.807, 2.05) is 6.26 Å². The summed E-state index contributed by atoms with van der Waals surface area (Å²) >= 11 is 7.28. The molecule has 0 fully saturated rings. The van der Waals surface area contributed by atoms with Crippen LogP contribution in [0.5, 0.6) is 0 Å². The average molecular weight is 440 g/mol. The van der Waals surface area contributed by atoms with Gasteiger partial charge in [0, 0.05) is 18.2 Å². The Hall–Kier alpha value is -2.65. The number of amides is 2. The third-order valence-electron chi connectivity index (χ3n) is 4.02. The number of hydrogen-bond donors (Lipinski definition) is 2. The molecule has 2 aromatic carbocycles. The van der Waals surface area contributed by atoms with Crippen molar-refractivity contribution in [2.45, 2.75) is 19.0 Å². The van der Waals surface area contributed by atoms with Crippen LogP contribution in [0.4, 0.5) is 10.1 Å². The molecule has 0 spiro atoms. The maximum Gasteiger partial charge on any atom is 0.288 e. The van der Waals surface area contributed by atoms with Crippen LogP contribution in [0.15, 0.2) is 42.5 Å². The number of nitrogens with zero attached hydrogens (tertiary/aromatic N) is 1. The lowest BCUT2D eigenvalue weighted by Crippen LogP contribution is -2.46. The molecule has 0 aromatic heterocycles. The number of hydrogen-bond acceptors (Lipinski definition) is 5. The van der Waals surface area contributed by atoms with Gasteiger partial charge in [0.25, 0.3) is 11.6 Å². The first kappa shape index (κ1) is 22.6. The first-order valence-electron chi connectivity index (χ1n) is 8.57. The Morgan fingerprint density at radius 2 is 1.93 bits per heavy atom. The SMILES string of the molecule is CSCCC(NC(=O)c1ccc(Cl)c([N+](=O)[O-])c1)C(=O)NCc1ccc(F)cc1. The Labute approximate surface area is 176 Å². The van der Waals surface area contributed by atoms with E-state index >= 15 is 0 Å². The van der Waals surface area contributed by atoms with Crippen LogP contribution >= 0.6 is 23.4 Å². The summed E-state index contributed by atoms with van der Waals surface area (Å²) in [6.45, 7) is 0.178. The van der Waals surface area contributed by atoms with Gasteiger partial charge in [-0.05, 0) is 48.3 Å². The van der Waals surface area contributed by atoms with Crippen LogP contribution in [0.25, 0.3) is 0 Å². The van der Waals surface area contributed by atoms with E-state index in [9.17, 15) is 24.1 Å². The van der Waals surface area contributed by atoms with Gasteiger partial charge in [0.1, 0.15) is 16.9 Å². The predicted octanol–water partition coefficient (Wildman–Crippen LogP) is 3.56. The second kappa shape index (κ2) is 10.8. The molecule has 0 heterocycles. The fourth-order valence-electron chi connectivity index (χ4n) is 2.45. The molecule has 0 saturated carbocycles. The molecule has 1 unspecified atom stereocenters. The summed E-state index contributed by atoms with van der Waals surface area (Å²) in [4.78, 5) is 35.4. The van der Waals surface area contributed by atoms with Crippen LogP contribution < -0.4 is 10.6 Å². The molecule has 1 atom stereocenters. The molecule has 2 amide bonds. The molecule has 0 bridgehead atoms. The largest absolute Gasteiger partial charge is 0.350 e. The van der Waals surface area contributed by atoms with Gasteiger partial charge in [0.05, 0.1) is 4.92 Å². The molecule has 29 heavy (non-hydrogen) atoms. The lowest BCUT2D eigenvalue weighted by molar-refractivity contribution is -0.384. The number of nitro groups is 1. The first-order valence-corrected chi connectivity index (χ1v) is 10.3. The topological polar surface area (TPSA) is 101 Å². The van der Waals surface area contributed by atoms with Crippen LogP contribution in [-0.4, -0.2) is 34.8 Å². The third-order valence-corrected chi connectivity index (χ3v) is 4.98. The van der Waals surface area contributed by atoms with E-state index in [0.29, 0.717) is 17.7 Å². The summed E-state index contributed by atoms with van der Waals surface area (Å²) in [7, 11) is 0. The first-order chi connectivity index (χ1) is 13.8. The summed E-state index contributed by atoms with van der Waals surface area (Å²) < 4.78 is 13.0. The zero-order valence-corrected chi connectivity index (χ0v) is 17.1. The van der Waals surface area contributed by atoms with Gasteiger partial charge >= 0.3 is 0 Å². The van der Waals surface area contributed by atoms with Gasteiger partial charge in [-0.3, -0.25) is 19.7 Å². The molecular weight excluding hydrogens is 421 g/mol. The molecule has 0 radical (unpaired) electrons. The van der Waals surface area contributed by atoms with Crippen molar-refractivity contribution in [3.05, 3.63) is 74.5 Å². The molecule has 0 aliphatic carbocycles. The highest BCUT2D eigenvalue weighted by Crippen LogP contribution is 2.25. The fraction of sp³-hybridized carbons (Fsp3) is 0.263. The Bertz CT molecular complexity index is 896. The van der Waals surface area contributed by atoms with E-state index in [4.69, 9.17) is 11.6 Å². The van der Waals surface area contributed by atoms with Gasteiger partial charge in [-0.15, -0.1) is 0 Å². The lowest BCUT2D eigenvalue weighted by atomic mass is 10.1. The summed E-state index contributed by atoms with van der Waals surface area (Å²) in [5.74, 6) is -0.773. The summed E-state index contributed by atoms with van der Waals surface area (Å²) in [6, 6.07) is 8.55. The Morgan fingerprint density at radius 3 is 2.55 bits per heavy atom. The Kier molecular flexibility index (Phi) is 8.41. The van der Waals surface area contributed by atoms with Gasteiger partial charge in [0.15, 0.2) is 0 Å². The minimum atomic E-state index is -0.829. The number of carbonyl (C=O) groups is 2. The van der Waals surface area contributed by atoms with Gasteiger partial charge in [-0.1, -0.05) is 23.7 Å². The normalized spacial score (nSPS) is 11.6. The van der Waals surface area contributed by atoms with Crippen molar-refractivity contribution in [2.24, 2.45) is 0 Å². The molecule has 2 rings (SSSR count). The second-order valence-electron chi connectivity index (χ2n) is 6.08. The molecule has 0 aliphatic rings. The van der Waals surface area contributed by atoms with Gasteiger partial charge in [0.2, 0.25) is 5.91 Å². The van der Waals surface area contributed by atoms with E-state index in [1.165, 1.54) is 36.0 Å². The maximum atomic E-state index is 13.0. The minimum absolute atomic E-state index is 0.0292. The number of rotatable bonds is 9. The summed E-state index contributed by atoms with van der Waals surface area (Å²) in [5.41, 5.74) is 0.352. The van der Waals surface area contributed by atoms with E-state index < -0.39 is 22.8 Å². The number of nitrogens with one attached hydrogen (secondary N) is 2. The standard InChI is InChI=1S/C19H19ClFN3O4S/c1-29-9-8-16(19(26)22-11-12-2-5-14(21)6-3-12)23-18(25)13-4-7-15(20)17(10-13)24(27)28/h2-7,10,16H,8-9,11H2,1H3,(H,22,26)(H,23,25). The molecular formula is C19H19ClFN3O4S. The molecule has 7 nitrogen and oxygen atoms in total. The van der Waals surface area contributed by atoms with Crippen molar-refractivity contribution in [3.8, 4) is 0 Å². The van der Waals surface area contributed by atoms with Gasteiger partial charge in [-0.2, -0.15) is 11.8 Å². The highest BCUT2D eigenvalue weighted by Gasteiger charge is 2.23. The van der Waals surface area contributed by atoms with Crippen LogP contribution in [0.2, 0.25) is 5.02 Å². The highest BCUT2D eigenvalue weighted by atomic mass is 35.5. The smallest absolute Gasteiger partial charge is 0.288 e. The van der Waals surface area contributed by atoms with Crippen molar-refractivity contribution in [3.63, 3.8) is 0 Å². The van der Waals surface area contributed by atoms with E-state index in [1.54, 1.807) is 12.1 Å². The van der Waals surface area contributed by atoms with E-state index in [-0.39, 0.29) is 28.6 Å². The lowest BCUT2D eigenvalue weighted by Gasteiger charge is -2.18. The van der Waals surface area contributed by atoms with Gasteiger partial charge < -0.3 is 10.6 Å². The highest BCUT2D eigenvalue weighted by molar-refractivity contribution is 7.98. The number of thioether (sulfide) groups is 1. The quantitative estimate of drug-likeness (QED) is 0.459. The Morgan fingerprint density at radius 1 is 1.24 bits per heavy atom. The third kappa shape index (κ3) is 6.72. The minimum Gasteiger partial charge on any atom is -0.350 e. The van der Waals surface area contributed by atoms with E-state index in [0.717, 1.165) is 6.07 Å². The van der Waals surface area contributed by atoms with Crippen molar-refractivity contribution >= 4 is 40.9 Å². The number of halogens is 2. The Balaban J connectivity index is 2.07. The van der Waals surface area contributed by atoms with Crippen molar-refractivity contribution in [2.75, 3.05) is 12.0 Å². The van der Waals surface area contributed by atoms with Crippen LogP contribution in [0.1, 0.15) is 22.3 Å². The summed E-state index contributed by atoms with van der Waals surface area (Å²) in [6.07, 6.45) is 2.25. The predicted molar refractivity (Wildman–Crippen MR) is 111 cm³/mol. The molecule has 154 valence electrons. The zero-order valence-electron chi connectivity index (χ0n) is 15.5. The molecule has 0 saturated heterocycles. The zero-order chi connectivity index (χ0) is 21.4. The molecule has 10 heteroatoms. The van der Waals surface area contributed by atoms with Crippen molar-refractivity contribution < 1.29 is 18.9 Å². The van der Waals surface area contributed by atoms with E-state index in [2.05, 4.69) is 10.6 Å². The fourth-order valence-corrected chi connectivity index (χ4v) is 3.11. The average Bonchev–Trinajstić information content (AvgIpc) is 2.70. The van der Waals surface area contributed by atoms with Gasteiger partial charge in [-0.25, -0.2) is 4.39 Å². The van der Waals surface area contributed by atoms with Crippen molar-refractivity contribution in [1.29, 1.82) is 0 Å². The number of benzene rings is 2.